The van der Waals surface area contributed by atoms with Gasteiger partial charge in [0.05, 0.1) is 6.20 Å². The molecule has 0 fully saturated rings. The SMILES string of the molecule is CCc1cn[nH]c1NC(=O)CCNC(C)(C)C. The minimum atomic E-state index is 0.000648. The van der Waals surface area contributed by atoms with Crippen molar-refractivity contribution >= 4 is 11.7 Å². The van der Waals surface area contributed by atoms with Crippen LogP contribution in [0.4, 0.5) is 5.82 Å². The third-order valence-corrected chi connectivity index (χ3v) is 2.37. The number of hydrogen-bond donors (Lipinski definition) is 3. The maximum absolute atomic E-state index is 11.7. The molecule has 0 spiro atoms. The van der Waals surface area contributed by atoms with Crippen LogP contribution >= 0.6 is 0 Å². The van der Waals surface area contributed by atoms with Crippen LogP contribution in [0.15, 0.2) is 6.20 Å². The van der Waals surface area contributed by atoms with Gasteiger partial charge in [0.1, 0.15) is 5.82 Å². The van der Waals surface area contributed by atoms with Gasteiger partial charge < -0.3 is 10.6 Å². The highest BCUT2D eigenvalue weighted by Crippen LogP contribution is 2.11. The van der Waals surface area contributed by atoms with Gasteiger partial charge in [-0.2, -0.15) is 5.10 Å². The highest BCUT2D eigenvalue weighted by molar-refractivity contribution is 5.90. The van der Waals surface area contributed by atoms with E-state index in [-0.39, 0.29) is 11.4 Å². The van der Waals surface area contributed by atoms with Crippen LogP contribution in [-0.2, 0) is 11.2 Å². The zero-order chi connectivity index (χ0) is 12.9. The van der Waals surface area contributed by atoms with Gasteiger partial charge in [-0.3, -0.25) is 9.89 Å². The van der Waals surface area contributed by atoms with Gasteiger partial charge in [-0.1, -0.05) is 6.92 Å². The monoisotopic (exact) mass is 238 g/mol. The van der Waals surface area contributed by atoms with Gasteiger partial charge in [-0.15, -0.1) is 0 Å². The Morgan fingerprint density at radius 1 is 1.47 bits per heavy atom. The number of rotatable bonds is 5. The van der Waals surface area contributed by atoms with E-state index >= 15 is 0 Å². The van der Waals surface area contributed by atoms with Crippen LogP contribution in [0.3, 0.4) is 0 Å². The fourth-order valence-electron chi connectivity index (χ4n) is 1.44. The summed E-state index contributed by atoms with van der Waals surface area (Å²) < 4.78 is 0. The van der Waals surface area contributed by atoms with Gasteiger partial charge in [0, 0.05) is 24.1 Å². The van der Waals surface area contributed by atoms with Crippen molar-refractivity contribution in [2.24, 2.45) is 0 Å². The molecule has 0 aromatic carbocycles. The van der Waals surface area contributed by atoms with E-state index in [2.05, 4.69) is 41.6 Å². The first kappa shape index (κ1) is 13.7. The van der Waals surface area contributed by atoms with Crippen molar-refractivity contribution in [1.29, 1.82) is 0 Å². The summed E-state index contributed by atoms with van der Waals surface area (Å²) in [6.45, 7) is 8.94. The molecule has 1 aromatic heterocycles. The van der Waals surface area contributed by atoms with Crippen molar-refractivity contribution in [3.8, 4) is 0 Å². The zero-order valence-electron chi connectivity index (χ0n) is 11.1. The Morgan fingerprint density at radius 2 is 2.18 bits per heavy atom. The lowest BCUT2D eigenvalue weighted by atomic mass is 10.1. The molecule has 3 N–H and O–H groups in total. The number of aromatic amines is 1. The molecule has 1 aromatic rings. The minimum Gasteiger partial charge on any atom is -0.312 e. The van der Waals surface area contributed by atoms with Gasteiger partial charge in [-0.05, 0) is 27.2 Å². The van der Waals surface area contributed by atoms with Crippen LogP contribution in [0.2, 0.25) is 0 Å². The van der Waals surface area contributed by atoms with Crippen molar-refractivity contribution in [2.45, 2.75) is 46.1 Å². The molecular weight excluding hydrogens is 216 g/mol. The molecule has 0 aliphatic carbocycles. The first-order valence-electron chi connectivity index (χ1n) is 5.99. The molecule has 0 atom stereocenters. The van der Waals surface area contributed by atoms with E-state index in [4.69, 9.17) is 0 Å². The van der Waals surface area contributed by atoms with Crippen molar-refractivity contribution in [1.82, 2.24) is 15.5 Å². The van der Waals surface area contributed by atoms with Gasteiger partial charge in [0.15, 0.2) is 0 Å². The number of nitrogens with one attached hydrogen (secondary N) is 3. The minimum absolute atomic E-state index is 0.000648. The topological polar surface area (TPSA) is 69.8 Å². The van der Waals surface area contributed by atoms with Crippen LogP contribution in [0.25, 0.3) is 0 Å². The molecular formula is C12H22N4O. The molecule has 1 rings (SSSR count). The smallest absolute Gasteiger partial charge is 0.226 e. The lowest BCUT2D eigenvalue weighted by molar-refractivity contribution is -0.116. The number of amides is 1. The molecule has 1 heterocycles. The van der Waals surface area contributed by atoms with E-state index in [1.54, 1.807) is 6.20 Å². The number of hydrogen-bond acceptors (Lipinski definition) is 3. The normalized spacial score (nSPS) is 11.5. The van der Waals surface area contributed by atoms with Gasteiger partial charge >= 0.3 is 0 Å². The summed E-state index contributed by atoms with van der Waals surface area (Å²) in [6, 6.07) is 0. The third-order valence-electron chi connectivity index (χ3n) is 2.37. The lowest BCUT2D eigenvalue weighted by Gasteiger charge is -2.20. The Kier molecular flexibility index (Phi) is 4.69. The highest BCUT2D eigenvalue weighted by Gasteiger charge is 2.11. The number of aryl methyl sites for hydroxylation is 1. The predicted octanol–water partition coefficient (Wildman–Crippen LogP) is 1.69. The van der Waals surface area contributed by atoms with Crippen LogP contribution < -0.4 is 10.6 Å². The van der Waals surface area contributed by atoms with E-state index < -0.39 is 0 Å². The number of nitrogens with zero attached hydrogens (tertiary/aromatic N) is 1. The average molecular weight is 238 g/mol. The van der Waals surface area contributed by atoms with E-state index in [9.17, 15) is 4.79 Å². The molecule has 1 amide bonds. The fraction of sp³-hybridized carbons (Fsp3) is 0.667. The van der Waals surface area contributed by atoms with Gasteiger partial charge in [0.2, 0.25) is 5.91 Å². The molecule has 0 aliphatic heterocycles. The Bertz CT molecular complexity index is 365. The van der Waals surface area contributed by atoms with Crippen LogP contribution in [0.1, 0.15) is 39.7 Å². The molecule has 0 saturated heterocycles. The van der Waals surface area contributed by atoms with Crippen molar-refractivity contribution in [3.05, 3.63) is 11.8 Å². The lowest BCUT2D eigenvalue weighted by Crippen LogP contribution is -2.37. The molecule has 5 nitrogen and oxygen atoms in total. The molecule has 0 aliphatic rings. The maximum Gasteiger partial charge on any atom is 0.226 e. The zero-order valence-corrected chi connectivity index (χ0v) is 11.1. The molecule has 0 radical (unpaired) electrons. The molecule has 0 unspecified atom stereocenters. The third kappa shape index (κ3) is 4.99. The largest absolute Gasteiger partial charge is 0.312 e. The number of H-pyrrole nitrogens is 1. The van der Waals surface area contributed by atoms with Crippen LogP contribution in [-0.4, -0.2) is 28.2 Å². The number of carbonyl (C=O) groups excluding carboxylic acids is 1. The molecule has 5 heteroatoms. The first-order chi connectivity index (χ1) is 7.92. The number of anilines is 1. The molecule has 96 valence electrons. The van der Waals surface area contributed by atoms with Crippen molar-refractivity contribution in [3.63, 3.8) is 0 Å². The second-order valence-electron chi connectivity index (χ2n) is 5.10. The summed E-state index contributed by atoms with van der Waals surface area (Å²) in [5.41, 5.74) is 1.07. The summed E-state index contributed by atoms with van der Waals surface area (Å²) in [4.78, 5) is 11.7. The van der Waals surface area contributed by atoms with Gasteiger partial charge in [0.25, 0.3) is 0 Å². The Morgan fingerprint density at radius 3 is 2.76 bits per heavy atom. The average Bonchev–Trinajstić information content (AvgIpc) is 2.63. The summed E-state index contributed by atoms with van der Waals surface area (Å²) in [7, 11) is 0. The second-order valence-corrected chi connectivity index (χ2v) is 5.10. The second kappa shape index (κ2) is 5.82. The molecule has 0 saturated carbocycles. The maximum atomic E-state index is 11.7. The van der Waals surface area contributed by atoms with Crippen LogP contribution in [0, 0.1) is 0 Å². The van der Waals surface area contributed by atoms with E-state index in [1.165, 1.54) is 0 Å². The standard InChI is InChI=1S/C12H22N4O/c1-5-9-8-14-16-11(9)15-10(17)6-7-13-12(2,3)4/h8,13H,5-7H2,1-4H3,(H2,14,15,16,17). The first-order valence-corrected chi connectivity index (χ1v) is 5.99. The summed E-state index contributed by atoms with van der Waals surface area (Å²) in [5.74, 6) is 0.717. The number of aromatic nitrogens is 2. The molecule has 17 heavy (non-hydrogen) atoms. The summed E-state index contributed by atoms with van der Waals surface area (Å²) in [6.07, 6.45) is 3.05. The summed E-state index contributed by atoms with van der Waals surface area (Å²) in [5, 5.41) is 12.8. The highest BCUT2D eigenvalue weighted by atomic mass is 16.1. The molecule has 0 bridgehead atoms. The Balaban J connectivity index is 2.35. The van der Waals surface area contributed by atoms with E-state index in [1.807, 2.05) is 6.92 Å². The quantitative estimate of drug-likeness (QED) is 0.731. The van der Waals surface area contributed by atoms with Gasteiger partial charge in [-0.25, -0.2) is 0 Å². The van der Waals surface area contributed by atoms with Crippen LogP contribution in [0.5, 0.6) is 0 Å². The van der Waals surface area contributed by atoms with Crippen molar-refractivity contribution in [2.75, 3.05) is 11.9 Å². The van der Waals surface area contributed by atoms with E-state index in [0.717, 1.165) is 12.0 Å². The number of carbonyl (C=O) groups is 1. The van der Waals surface area contributed by atoms with Crippen molar-refractivity contribution < 1.29 is 4.79 Å². The fourth-order valence-corrected chi connectivity index (χ4v) is 1.44. The van der Waals surface area contributed by atoms with E-state index in [0.29, 0.717) is 18.8 Å². The summed E-state index contributed by atoms with van der Waals surface area (Å²) >= 11 is 0. The Labute approximate surface area is 102 Å². The Hall–Kier alpha value is -1.36. The predicted molar refractivity (Wildman–Crippen MR) is 69.0 cm³/mol.